The van der Waals surface area contributed by atoms with Crippen LogP contribution in [-0.4, -0.2) is 40.9 Å². The van der Waals surface area contributed by atoms with Gasteiger partial charge < -0.3 is 9.57 Å². The molecule has 6 nitrogen and oxygen atoms in total. The minimum Gasteiger partial charge on any atom is -0.444 e. The quantitative estimate of drug-likeness (QED) is 0.596. The third-order valence-corrected chi connectivity index (χ3v) is 2.79. The molecule has 0 bridgehead atoms. The first-order valence-corrected chi connectivity index (χ1v) is 5.58. The van der Waals surface area contributed by atoms with Crippen molar-refractivity contribution < 1.29 is 19.2 Å². The van der Waals surface area contributed by atoms with Gasteiger partial charge in [-0.2, -0.15) is 0 Å². The number of ether oxygens (including phenoxy) is 1. The summed E-state index contributed by atoms with van der Waals surface area (Å²) in [4.78, 5) is 29.3. The second-order valence-corrected chi connectivity index (χ2v) is 5.29. The Kier molecular flexibility index (Phi) is 2.60. The zero-order valence-corrected chi connectivity index (χ0v) is 10.4. The van der Waals surface area contributed by atoms with E-state index >= 15 is 0 Å². The Balaban J connectivity index is 2.10. The molecule has 2 aliphatic rings. The molecule has 94 valence electrons. The van der Waals surface area contributed by atoms with Crippen molar-refractivity contribution in [3.05, 3.63) is 0 Å². The van der Waals surface area contributed by atoms with Gasteiger partial charge >= 0.3 is 12.1 Å². The molecule has 0 spiro atoms. The van der Waals surface area contributed by atoms with Crippen LogP contribution in [0.4, 0.5) is 4.79 Å². The maximum Gasteiger partial charge on any atom is 0.410 e. The molecule has 1 saturated heterocycles. The molecule has 17 heavy (non-hydrogen) atoms. The van der Waals surface area contributed by atoms with E-state index in [2.05, 4.69) is 9.99 Å². The maximum absolute atomic E-state index is 11.9. The average Bonchev–Trinajstić information content (AvgIpc) is 2.67. The van der Waals surface area contributed by atoms with Crippen LogP contribution in [0.5, 0.6) is 0 Å². The number of rotatable bonds is 0. The van der Waals surface area contributed by atoms with Crippen LogP contribution in [0.15, 0.2) is 5.16 Å². The van der Waals surface area contributed by atoms with Crippen molar-refractivity contribution >= 4 is 17.8 Å². The van der Waals surface area contributed by atoms with Crippen LogP contribution in [0.25, 0.3) is 0 Å². The Morgan fingerprint density at radius 1 is 1.53 bits per heavy atom. The van der Waals surface area contributed by atoms with Crippen molar-refractivity contribution in [2.24, 2.45) is 11.1 Å². The Morgan fingerprint density at radius 3 is 2.71 bits per heavy atom. The number of carbonyl (C=O) groups is 2. The van der Waals surface area contributed by atoms with Gasteiger partial charge in [-0.05, 0) is 27.7 Å². The zero-order valence-electron chi connectivity index (χ0n) is 10.4. The highest BCUT2D eigenvalue weighted by Crippen LogP contribution is 2.27. The summed E-state index contributed by atoms with van der Waals surface area (Å²) in [5.41, 5.74) is 0.0671. The Morgan fingerprint density at radius 2 is 2.18 bits per heavy atom. The Bertz CT molecular complexity index is 397. The summed E-state index contributed by atoms with van der Waals surface area (Å²) in [6.07, 6.45) is -0.421. The minimum atomic E-state index is -0.545. The molecule has 6 heteroatoms. The smallest absolute Gasteiger partial charge is 0.410 e. The largest absolute Gasteiger partial charge is 0.444 e. The average molecular weight is 240 g/mol. The highest BCUT2D eigenvalue weighted by atomic mass is 16.7. The molecule has 2 atom stereocenters. The number of oxime groups is 1. The summed E-state index contributed by atoms with van der Waals surface area (Å²) in [7, 11) is 0. The van der Waals surface area contributed by atoms with Gasteiger partial charge in [-0.25, -0.2) is 9.59 Å². The van der Waals surface area contributed by atoms with Crippen LogP contribution in [0.3, 0.4) is 0 Å². The number of nitrogens with zero attached hydrogens (tertiary/aromatic N) is 2. The lowest BCUT2D eigenvalue weighted by molar-refractivity contribution is -0.143. The fourth-order valence-electron chi connectivity index (χ4n) is 1.95. The highest BCUT2D eigenvalue weighted by Gasteiger charge is 2.48. The number of carbonyl (C=O) groups excluding carboxylic acids is 2. The molecule has 0 aromatic heterocycles. The van der Waals surface area contributed by atoms with E-state index < -0.39 is 23.6 Å². The van der Waals surface area contributed by atoms with Crippen molar-refractivity contribution in [1.82, 2.24) is 4.90 Å². The second-order valence-electron chi connectivity index (χ2n) is 5.29. The fraction of sp³-hybridized carbons (Fsp3) is 0.727. The van der Waals surface area contributed by atoms with Gasteiger partial charge in [0.2, 0.25) is 0 Å². The molecule has 0 N–H and O–H groups in total. The van der Waals surface area contributed by atoms with E-state index in [1.54, 1.807) is 20.8 Å². The van der Waals surface area contributed by atoms with Crippen LogP contribution in [-0.2, 0) is 14.4 Å². The third-order valence-electron chi connectivity index (χ3n) is 2.79. The summed E-state index contributed by atoms with van der Waals surface area (Å²) in [6.45, 7) is 7.51. The summed E-state index contributed by atoms with van der Waals surface area (Å²) < 4.78 is 5.27. The van der Waals surface area contributed by atoms with Crippen molar-refractivity contribution in [2.75, 3.05) is 6.54 Å². The van der Waals surface area contributed by atoms with Gasteiger partial charge in [-0.3, -0.25) is 4.90 Å². The number of amides is 1. The van der Waals surface area contributed by atoms with Gasteiger partial charge in [0, 0.05) is 6.54 Å². The standard InChI is InChI=1S/C11H16N2O4/c1-6-8-7(9(14)17-12-8)5-13(6)10(15)16-11(2,3)4/h6-7H,5H2,1-4H3. The van der Waals surface area contributed by atoms with Crippen LogP contribution in [0, 0.1) is 5.92 Å². The lowest BCUT2D eigenvalue weighted by atomic mass is 10.1. The first kappa shape index (κ1) is 11.9. The van der Waals surface area contributed by atoms with Crippen LogP contribution < -0.4 is 0 Å². The van der Waals surface area contributed by atoms with E-state index in [1.165, 1.54) is 4.90 Å². The second kappa shape index (κ2) is 3.72. The first-order chi connectivity index (χ1) is 7.79. The SMILES string of the molecule is CC1C2=NOC(=O)C2CN1C(=O)OC(C)(C)C. The zero-order chi connectivity index (χ0) is 12.8. The van der Waals surface area contributed by atoms with Gasteiger partial charge in [0.05, 0.1) is 11.8 Å². The summed E-state index contributed by atoms with van der Waals surface area (Å²) >= 11 is 0. The topological polar surface area (TPSA) is 68.2 Å². The molecule has 2 heterocycles. The molecule has 0 aromatic rings. The van der Waals surface area contributed by atoms with Gasteiger partial charge in [0.1, 0.15) is 11.5 Å². The molecule has 2 aliphatic heterocycles. The lowest BCUT2D eigenvalue weighted by Crippen LogP contribution is -2.40. The number of hydrogen-bond donors (Lipinski definition) is 0. The molecule has 0 aliphatic carbocycles. The van der Waals surface area contributed by atoms with Crippen LogP contribution in [0.2, 0.25) is 0 Å². The predicted octanol–water partition coefficient (Wildman–Crippen LogP) is 1.15. The Hall–Kier alpha value is -1.59. The molecule has 1 amide bonds. The highest BCUT2D eigenvalue weighted by molar-refractivity contribution is 6.10. The van der Waals surface area contributed by atoms with E-state index in [9.17, 15) is 9.59 Å². The summed E-state index contributed by atoms with van der Waals surface area (Å²) in [6, 6.07) is -0.249. The third kappa shape index (κ3) is 2.11. The van der Waals surface area contributed by atoms with Gasteiger partial charge in [-0.1, -0.05) is 5.16 Å². The van der Waals surface area contributed by atoms with Crippen molar-refractivity contribution in [3.8, 4) is 0 Å². The number of likely N-dealkylation sites (tertiary alicyclic amines) is 1. The number of hydrogen-bond acceptors (Lipinski definition) is 5. The molecule has 2 unspecified atom stereocenters. The predicted molar refractivity (Wildman–Crippen MR) is 59.4 cm³/mol. The van der Waals surface area contributed by atoms with Gasteiger partial charge in [0.25, 0.3) is 0 Å². The normalized spacial score (nSPS) is 27.6. The number of fused-ring (bicyclic) bond motifs is 1. The van der Waals surface area contributed by atoms with E-state index in [-0.39, 0.29) is 12.6 Å². The van der Waals surface area contributed by atoms with Crippen LogP contribution in [0.1, 0.15) is 27.7 Å². The lowest BCUT2D eigenvalue weighted by Gasteiger charge is -2.26. The van der Waals surface area contributed by atoms with E-state index in [0.29, 0.717) is 5.71 Å². The summed E-state index contributed by atoms with van der Waals surface area (Å²) in [5.74, 6) is -0.810. The van der Waals surface area contributed by atoms with Crippen molar-refractivity contribution in [1.29, 1.82) is 0 Å². The molecular weight excluding hydrogens is 224 g/mol. The molecular formula is C11H16N2O4. The fourth-order valence-corrected chi connectivity index (χ4v) is 1.95. The molecule has 1 fully saturated rings. The van der Waals surface area contributed by atoms with Crippen molar-refractivity contribution in [2.45, 2.75) is 39.3 Å². The van der Waals surface area contributed by atoms with E-state index in [1.807, 2.05) is 6.92 Å². The molecule has 0 aromatic carbocycles. The van der Waals surface area contributed by atoms with Gasteiger partial charge in [-0.15, -0.1) is 0 Å². The molecule has 0 radical (unpaired) electrons. The monoisotopic (exact) mass is 240 g/mol. The Labute approximate surface area is 99.5 Å². The first-order valence-electron chi connectivity index (χ1n) is 5.58. The maximum atomic E-state index is 11.9. The van der Waals surface area contributed by atoms with E-state index in [0.717, 1.165) is 0 Å². The van der Waals surface area contributed by atoms with Crippen LogP contribution >= 0.6 is 0 Å². The summed E-state index contributed by atoms with van der Waals surface area (Å²) in [5, 5.41) is 3.71. The minimum absolute atomic E-state index is 0.249. The van der Waals surface area contributed by atoms with Gasteiger partial charge in [0.15, 0.2) is 0 Å². The molecule has 2 rings (SSSR count). The van der Waals surface area contributed by atoms with Crippen molar-refractivity contribution in [3.63, 3.8) is 0 Å². The van der Waals surface area contributed by atoms with E-state index in [4.69, 9.17) is 4.74 Å². The molecule has 0 saturated carbocycles.